The summed E-state index contributed by atoms with van der Waals surface area (Å²) in [5.41, 5.74) is 2.27. The molecule has 1 atom stereocenters. The Morgan fingerprint density at radius 3 is 2.78 bits per heavy atom. The van der Waals surface area contributed by atoms with Crippen LogP contribution in [0.1, 0.15) is 24.1 Å². The van der Waals surface area contributed by atoms with E-state index in [9.17, 15) is 0 Å². The highest BCUT2D eigenvalue weighted by atomic mass is 16.7. The van der Waals surface area contributed by atoms with E-state index >= 15 is 0 Å². The Labute approximate surface area is 135 Å². The van der Waals surface area contributed by atoms with Crippen LogP contribution in [-0.2, 0) is 6.54 Å². The van der Waals surface area contributed by atoms with E-state index in [1.165, 1.54) is 0 Å². The van der Waals surface area contributed by atoms with Crippen molar-refractivity contribution >= 4 is 0 Å². The van der Waals surface area contributed by atoms with Crippen molar-refractivity contribution in [2.45, 2.75) is 19.5 Å². The van der Waals surface area contributed by atoms with Gasteiger partial charge in [-0.3, -0.25) is 0 Å². The maximum Gasteiger partial charge on any atom is 0.231 e. The smallest absolute Gasteiger partial charge is 0.231 e. The van der Waals surface area contributed by atoms with Crippen molar-refractivity contribution in [3.8, 4) is 23.0 Å². The van der Waals surface area contributed by atoms with Crippen molar-refractivity contribution in [2.75, 3.05) is 20.0 Å². The SMILES string of the molecule is C[C@H](NCc1cccc2c1OCCO2)c1ccc2c(c1)OCO2. The summed E-state index contributed by atoms with van der Waals surface area (Å²) in [6, 6.07) is 12.2. The number of fused-ring (bicyclic) bond motifs is 2. The van der Waals surface area contributed by atoms with E-state index in [0.29, 0.717) is 26.6 Å². The maximum atomic E-state index is 5.75. The van der Waals surface area contributed by atoms with Crippen LogP contribution in [0.2, 0.25) is 0 Å². The van der Waals surface area contributed by atoms with E-state index < -0.39 is 0 Å². The first kappa shape index (κ1) is 14.2. The number of ether oxygens (including phenoxy) is 4. The predicted octanol–water partition coefficient (Wildman–Crippen LogP) is 3.04. The van der Waals surface area contributed by atoms with Gasteiger partial charge >= 0.3 is 0 Å². The molecule has 0 aliphatic carbocycles. The Bertz CT molecular complexity index is 716. The standard InChI is InChI=1S/C18H19NO4/c1-12(13-5-6-15-17(9-13)23-11-22-15)19-10-14-3-2-4-16-18(14)21-8-7-20-16/h2-6,9,12,19H,7-8,10-11H2,1H3/t12-/m0/s1. The van der Waals surface area contributed by atoms with Crippen LogP contribution in [-0.4, -0.2) is 20.0 Å². The minimum absolute atomic E-state index is 0.185. The second kappa shape index (κ2) is 6.01. The van der Waals surface area contributed by atoms with Crippen molar-refractivity contribution < 1.29 is 18.9 Å². The Balaban J connectivity index is 1.47. The Morgan fingerprint density at radius 1 is 0.957 bits per heavy atom. The van der Waals surface area contributed by atoms with Crippen LogP contribution < -0.4 is 24.3 Å². The van der Waals surface area contributed by atoms with Crippen LogP contribution in [0.4, 0.5) is 0 Å². The van der Waals surface area contributed by atoms with Crippen LogP contribution in [0.3, 0.4) is 0 Å². The fraction of sp³-hybridized carbons (Fsp3) is 0.333. The molecule has 0 spiro atoms. The average molecular weight is 313 g/mol. The van der Waals surface area contributed by atoms with Gasteiger partial charge in [-0.1, -0.05) is 18.2 Å². The lowest BCUT2D eigenvalue weighted by molar-refractivity contribution is 0.169. The molecule has 2 aromatic carbocycles. The lowest BCUT2D eigenvalue weighted by atomic mass is 10.1. The summed E-state index contributed by atoms with van der Waals surface area (Å²) in [4.78, 5) is 0. The molecule has 0 radical (unpaired) electrons. The molecule has 0 unspecified atom stereocenters. The van der Waals surface area contributed by atoms with Crippen molar-refractivity contribution in [1.29, 1.82) is 0 Å². The maximum absolute atomic E-state index is 5.75. The lowest BCUT2D eigenvalue weighted by Gasteiger charge is -2.22. The number of benzene rings is 2. The largest absolute Gasteiger partial charge is 0.486 e. The van der Waals surface area contributed by atoms with Gasteiger partial charge < -0.3 is 24.3 Å². The molecular formula is C18H19NO4. The molecule has 120 valence electrons. The summed E-state index contributed by atoms with van der Waals surface area (Å²) in [7, 11) is 0. The third kappa shape index (κ3) is 2.80. The predicted molar refractivity (Wildman–Crippen MR) is 85.3 cm³/mol. The van der Waals surface area contributed by atoms with Gasteiger partial charge in [0.15, 0.2) is 23.0 Å². The molecule has 2 aliphatic heterocycles. The van der Waals surface area contributed by atoms with Gasteiger partial charge in [-0.15, -0.1) is 0 Å². The van der Waals surface area contributed by atoms with E-state index in [1.807, 2.05) is 24.3 Å². The molecular weight excluding hydrogens is 294 g/mol. The highest BCUT2D eigenvalue weighted by Crippen LogP contribution is 2.35. The highest BCUT2D eigenvalue weighted by molar-refractivity contribution is 5.48. The molecule has 0 bridgehead atoms. The first-order chi connectivity index (χ1) is 11.3. The fourth-order valence-electron chi connectivity index (χ4n) is 2.84. The molecule has 0 aromatic heterocycles. The van der Waals surface area contributed by atoms with Crippen LogP contribution in [0, 0.1) is 0 Å². The minimum Gasteiger partial charge on any atom is -0.486 e. The van der Waals surface area contributed by atoms with Crippen molar-refractivity contribution in [2.24, 2.45) is 0 Å². The van der Waals surface area contributed by atoms with Gasteiger partial charge in [-0.2, -0.15) is 0 Å². The second-order valence-electron chi connectivity index (χ2n) is 5.66. The summed E-state index contributed by atoms with van der Waals surface area (Å²) in [5, 5.41) is 3.52. The number of nitrogens with one attached hydrogen (secondary N) is 1. The summed E-state index contributed by atoms with van der Waals surface area (Å²) in [6.07, 6.45) is 0. The molecule has 0 fully saturated rings. The zero-order valence-corrected chi connectivity index (χ0v) is 13.0. The van der Waals surface area contributed by atoms with Crippen LogP contribution in [0.5, 0.6) is 23.0 Å². The number of rotatable bonds is 4. The summed E-state index contributed by atoms with van der Waals surface area (Å²) in [6.45, 7) is 4.35. The van der Waals surface area contributed by atoms with Crippen LogP contribution in [0.15, 0.2) is 36.4 Å². The van der Waals surface area contributed by atoms with Gasteiger partial charge in [0, 0.05) is 18.2 Å². The number of para-hydroxylation sites is 1. The van der Waals surface area contributed by atoms with Crippen molar-refractivity contribution in [1.82, 2.24) is 5.32 Å². The van der Waals surface area contributed by atoms with E-state index in [1.54, 1.807) is 0 Å². The van der Waals surface area contributed by atoms with Gasteiger partial charge in [0.25, 0.3) is 0 Å². The third-order valence-electron chi connectivity index (χ3n) is 4.14. The minimum atomic E-state index is 0.185. The summed E-state index contributed by atoms with van der Waals surface area (Å²) >= 11 is 0. The monoisotopic (exact) mass is 313 g/mol. The number of hydrogen-bond acceptors (Lipinski definition) is 5. The van der Waals surface area contributed by atoms with Crippen LogP contribution in [0.25, 0.3) is 0 Å². The zero-order chi connectivity index (χ0) is 15.6. The van der Waals surface area contributed by atoms with Crippen molar-refractivity contribution in [3.63, 3.8) is 0 Å². The summed E-state index contributed by atoms with van der Waals surface area (Å²) in [5.74, 6) is 3.30. The molecule has 5 heteroatoms. The Kier molecular flexibility index (Phi) is 3.71. The zero-order valence-electron chi connectivity index (χ0n) is 13.0. The van der Waals surface area contributed by atoms with Gasteiger partial charge in [0.2, 0.25) is 6.79 Å². The Hall–Kier alpha value is -2.40. The van der Waals surface area contributed by atoms with E-state index in [2.05, 4.69) is 24.4 Å². The third-order valence-corrected chi connectivity index (χ3v) is 4.14. The Morgan fingerprint density at radius 2 is 1.83 bits per heavy atom. The second-order valence-corrected chi connectivity index (χ2v) is 5.66. The lowest BCUT2D eigenvalue weighted by Crippen LogP contribution is -2.21. The van der Waals surface area contributed by atoms with Gasteiger partial charge in [-0.25, -0.2) is 0 Å². The first-order valence-electron chi connectivity index (χ1n) is 7.82. The molecule has 1 N–H and O–H groups in total. The van der Waals surface area contributed by atoms with Gasteiger partial charge in [-0.05, 0) is 30.7 Å². The molecule has 4 rings (SSSR count). The molecule has 0 amide bonds. The molecule has 0 saturated carbocycles. The molecule has 0 saturated heterocycles. The quantitative estimate of drug-likeness (QED) is 0.940. The molecule has 2 aromatic rings. The molecule has 23 heavy (non-hydrogen) atoms. The van der Waals surface area contributed by atoms with Gasteiger partial charge in [0.05, 0.1) is 0 Å². The average Bonchev–Trinajstić information content (AvgIpc) is 3.07. The first-order valence-corrected chi connectivity index (χ1v) is 7.82. The molecule has 2 aliphatic rings. The van der Waals surface area contributed by atoms with E-state index in [0.717, 1.165) is 34.1 Å². The van der Waals surface area contributed by atoms with Crippen molar-refractivity contribution in [3.05, 3.63) is 47.5 Å². The van der Waals surface area contributed by atoms with E-state index in [4.69, 9.17) is 18.9 Å². The molecule has 5 nitrogen and oxygen atoms in total. The van der Waals surface area contributed by atoms with E-state index in [-0.39, 0.29) is 6.04 Å². The molecule has 2 heterocycles. The topological polar surface area (TPSA) is 49.0 Å². The number of hydrogen-bond donors (Lipinski definition) is 1. The fourth-order valence-corrected chi connectivity index (χ4v) is 2.84. The van der Waals surface area contributed by atoms with Gasteiger partial charge in [0.1, 0.15) is 13.2 Å². The summed E-state index contributed by atoms with van der Waals surface area (Å²) < 4.78 is 22.2. The highest BCUT2D eigenvalue weighted by Gasteiger charge is 2.18. The van der Waals surface area contributed by atoms with Crippen LogP contribution >= 0.6 is 0 Å². The normalized spacial score (nSPS) is 16.2.